The van der Waals surface area contributed by atoms with E-state index in [9.17, 15) is 4.79 Å². The number of halogens is 1. The summed E-state index contributed by atoms with van der Waals surface area (Å²) in [6, 6.07) is 5.97. The van der Waals surface area contributed by atoms with Crippen LogP contribution in [-0.4, -0.2) is 46.3 Å². The zero-order valence-corrected chi connectivity index (χ0v) is 17.6. The summed E-state index contributed by atoms with van der Waals surface area (Å²) in [5.41, 5.74) is 3.93. The number of hydrogen-bond donors (Lipinski definition) is 1. The number of nitrogens with one attached hydrogen (secondary N) is 1. The van der Waals surface area contributed by atoms with Crippen molar-refractivity contribution in [2.24, 2.45) is 0 Å². The number of carbonyl (C=O) groups excluding carboxylic acids is 1. The maximum Gasteiger partial charge on any atom is 0.415 e. The average Bonchev–Trinajstić information content (AvgIpc) is 2.66. The quantitative estimate of drug-likeness (QED) is 0.708. The fourth-order valence-electron chi connectivity index (χ4n) is 3.50. The summed E-state index contributed by atoms with van der Waals surface area (Å²) in [6.07, 6.45) is 1.32. The van der Waals surface area contributed by atoms with Crippen molar-refractivity contribution in [2.75, 3.05) is 19.7 Å². The fraction of sp³-hybridized carbons (Fsp3) is 0.381. The second-order valence-electron chi connectivity index (χ2n) is 8.03. The Labute approximate surface area is 174 Å². The Morgan fingerprint density at radius 1 is 1.34 bits per heavy atom. The van der Waals surface area contributed by atoms with Crippen molar-refractivity contribution in [3.05, 3.63) is 52.4 Å². The van der Waals surface area contributed by atoms with Crippen molar-refractivity contribution in [3.8, 4) is 0 Å². The van der Waals surface area contributed by atoms with Crippen molar-refractivity contribution in [3.63, 3.8) is 0 Å². The highest BCUT2D eigenvalue weighted by Crippen LogP contribution is 2.34. The minimum Gasteiger partial charge on any atom is -0.476 e. The molecule has 0 fully saturated rings. The molecule has 1 N–H and O–H groups in total. The van der Waals surface area contributed by atoms with Gasteiger partial charge in [0.25, 0.3) is 0 Å². The lowest BCUT2D eigenvalue weighted by Crippen LogP contribution is -2.45. The van der Waals surface area contributed by atoms with Gasteiger partial charge < -0.3 is 14.8 Å². The molecular weight excluding hydrogens is 392 g/mol. The first-order chi connectivity index (χ1) is 13.7. The molecule has 4 rings (SSSR count). The van der Waals surface area contributed by atoms with E-state index in [1.54, 1.807) is 11.1 Å². The molecule has 0 aliphatic carbocycles. The monoisotopic (exact) mass is 414 g/mol. The SMILES string of the molecule is CC1=C(c2ccc3cnc(Cl)nc3c2)CNC2=C1N(C(=O)OC(C)(C)C)CCO2. The summed E-state index contributed by atoms with van der Waals surface area (Å²) in [6.45, 7) is 8.99. The summed E-state index contributed by atoms with van der Waals surface area (Å²) in [7, 11) is 0. The summed E-state index contributed by atoms with van der Waals surface area (Å²) in [4.78, 5) is 22.8. The lowest BCUT2D eigenvalue weighted by Gasteiger charge is -2.37. The Bertz CT molecular complexity index is 1060. The number of fused-ring (bicyclic) bond motifs is 1. The standard InChI is InChI=1S/C21H23ClN4O3/c1-12-15(13-5-6-14-10-24-19(22)25-16(14)9-13)11-23-18-17(12)26(7-8-28-18)20(27)29-21(2,3)4/h5-6,9-10,23H,7-8,11H2,1-4H3. The van der Waals surface area contributed by atoms with E-state index < -0.39 is 5.60 Å². The molecule has 29 heavy (non-hydrogen) atoms. The zero-order chi connectivity index (χ0) is 20.8. The molecule has 0 saturated carbocycles. The number of amides is 1. The fourth-order valence-corrected chi connectivity index (χ4v) is 3.64. The molecule has 0 radical (unpaired) electrons. The van der Waals surface area contributed by atoms with E-state index >= 15 is 0 Å². The van der Waals surface area contributed by atoms with Crippen LogP contribution in [0.1, 0.15) is 33.3 Å². The van der Waals surface area contributed by atoms with Gasteiger partial charge in [0.2, 0.25) is 11.2 Å². The molecule has 0 spiro atoms. The van der Waals surface area contributed by atoms with Gasteiger partial charge >= 0.3 is 6.09 Å². The van der Waals surface area contributed by atoms with Gasteiger partial charge in [-0.3, -0.25) is 4.90 Å². The van der Waals surface area contributed by atoms with Gasteiger partial charge in [0.15, 0.2) is 0 Å². The molecule has 7 nitrogen and oxygen atoms in total. The highest BCUT2D eigenvalue weighted by Gasteiger charge is 2.34. The maximum absolute atomic E-state index is 12.8. The van der Waals surface area contributed by atoms with Gasteiger partial charge in [-0.15, -0.1) is 0 Å². The number of hydrogen-bond acceptors (Lipinski definition) is 6. The van der Waals surface area contributed by atoms with Crippen LogP contribution in [0.3, 0.4) is 0 Å². The van der Waals surface area contributed by atoms with Crippen molar-refractivity contribution in [2.45, 2.75) is 33.3 Å². The van der Waals surface area contributed by atoms with Crippen LogP contribution in [-0.2, 0) is 9.47 Å². The first-order valence-corrected chi connectivity index (χ1v) is 9.85. The second kappa shape index (κ2) is 7.22. The number of ether oxygens (including phenoxy) is 2. The van der Waals surface area contributed by atoms with Crippen LogP contribution in [0.25, 0.3) is 16.5 Å². The first kappa shape index (κ1) is 19.5. The van der Waals surface area contributed by atoms with Gasteiger partial charge in [-0.25, -0.2) is 14.8 Å². The lowest BCUT2D eigenvalue weighted by molar-refractivity contribution is 0.0196. The number of nitrogens with zero attached hydrogens (tertiary/aromatic N) is 3. The van der Waals surface area contributed by atoms with Crippen molar-refractivity contribution in [1.29, 1.82) is 0 Å². The van der Waals surface area contributed by atoms with Gasteiger partial charge in [-0.1, -0.05) is 12.1 Å². The van der Waals surface area contributed by atoms with E-state index in [1.807, 2.05) is 45.9 Å². The third-order valence-corrected chi connectivity index (χ3v) is 4.98. The highest BCUT2D eigenvalue weighted by atomic mass is 35.5. The Morgan fingerprint density at radius 2 is 2.14 bits per heavy atom. The van der Waals surface area contributed by atoms with Gasteiger partial charge in [0.1, 0.15) is 17.9 Å². The third kappa shape index (κ3) is 3.87. The molecule has 1 aromatic carbocycles. The van der Waals surface area contributed by atoms with Crippen LogP contribution in [0, 0.1) is 0 Å². The summed E-state index contributed by atoms with van der Waals surface area (Å²) >= 11 is 5.95. The van der Waals surface area contributed by atoms with E-state index in [1.165, 1.54) is 0 Å². The van der Waals surface area contributed by atoms with Gasteiger partial charge in [0.05, 0.1) is 12.1 Å². The van der Waals surface area contributed by atoms with Crippen LogP contribution < -0.4 is 5.32 Å². The summed E-state index contributed by atoms with van der Waals surface area (Å²) < 4.78 is 11.4. The van der Waals surface area contributed by atoms with Crippen molar-refractivity contribution < 1.29 is 14.3 Å². The average molecular weight is 415 g/mol. The van der Waals surface area contributed by atoms with Gasteiger partial charge in [0, 0.05) is 18.1 Å². The molecular formula is C21H23ClN4O3. The van der Waals surface area contributed by atoms with Crippen molar-refractivity contribution >= 4 is 34.2 Å². The van der Waals surface area contributed by atoms with Crippen molar-refractivity contribution in [1.82, 2.24) is 20.2 Å². The Morgan fingerprint density at radius 3 is 2.90 bits per heavy atom. The summed E-state index contributed by atoms with van der Waals surface area (Å²) in [5.74, 6) is 0.606. The summed E-state index contributed by atoms with van der Waals surface area (Å²) in [5, 5.41) is 4.42. The topological polar surface area (TPSA) is 76.6 Å². The van der Waals surface area contributed by atoms with Crippen LogP contribution in [0.4, 0.5) is 4.79 Å². The zero-order valence-electron chi connectivity index (χ0n) is 16.9. The molecule has 1 amide bonds. The molecule has 0 bridgehead atoms. The lowest BCUT2D eigenvalue weighted by atomic mass is 9.95. The van der Waals surface area contributed by atoms with Crippen LogP contribution >= 0.6 is 11.6 Å². The molecule has 0 unspecified atom stereocenters. The Balaban J connectivity index is 1.75. The molecule has 2 aromatic rings. The van der Waals surface area contributed by atoms with E-state index in [-0.39, 0.29) is 11.4 Å². The van der Waals surface area contributed by atoms with E-state index in [4.69, 9.17) is 21.1 Å². The number of carbonyl (C=O) groups is 1. The molecule has 152 valence electrons. The Hall–Kier alpha value is -2.80. The number of rotatable bonds is 1. The number of dihydropyridines is 1. The number of aromatic nitrogens is 2. The molecule has 3 heterocycles. The molecule has 8 heteroatoms. The molecule has 0 atom stereocenters. The second-order valence-corrected chi connectivity index (χ2v) is 8.37. The molecule has 2 aliphatic heterocycles. The minimum atomic E-state index is -0.573. The van der Waals surface area contributed by atoms with E-state index in [0.717, 1.165) is 27.6 Å². The predicted molar refractivity (Wildman–Crippen MR) is 111 cm³/mol. The smallest absolute Gasteiger partial charge is 0.415 e. The van der Waals surface area contributed by atoms with E-state index in [2.05, 4.69) is 15.3 Å². The van der Waals surface area contributed by atoms with E-state index in [0.29, 0.717) is 31.3 Å². The predicted octanol–water partition coefficient (Wildman–Crippen LogP) is 4.10. The minimum absolute atomic E-state index is 0.212. The Kier molecular flexibility index (Phi) is 4.86. The number of allylic oxidation sites excluding steroid dienone is 1. The van der Waals surface area contributed by atoms with Crippen LogP contribution in [0.5, 0.6) is 0 Å². The number of benzene rings is 1. The largest absolute Gasteiger partial charge is 0.476 e. The van der Waals surface area contributed by atoms with Crippen LogP contribution in [0.15, 0.2) is 41.5 Å². The molecule has 0 saturated heterocycles. The highest BCUT2D eigenvalue weighted by molar-refractivity contribution is 6.28. The maximum atomic E-state index is 12.8. The normalized spacial score (nSPS) is 17.1. The first-order valence-electron chi connectivity index (χ1n) is 9.47. The van der Waals surface area contributed by atoms with Gasteiger partial charge in [-0.2, -0.15) is 0 Å². The molecule has 2 aliphatic rings. The van der Waals surface area contributed by atoms with Gasteiger partial charge in [-0.05, 0) is 62.1 Å². The third-order valence-electron chi connectivity index (χ3n) is 4.80. The molecule has 1 aromatic heterocycles. The van der Waals surface area contributed by atoms with Crippen LogP contribution in [0.2, 0.25) is 5.28 Å².